The van der Waals surface area contributed by atoms with Gasteiger partial charge in [0, 0.05) is 16.7 Å². The van der Waals surface area contributed by atoms with Crippen LogP contribution in [0.25, 0.3) is 0 Å². The lowest BCUT2D eigenvalue weighted by molar-refractivity contribution is -0.123. The maximum Gasteiger partial charge on any atom is 0.238 e. The molecular formula is C14H11NO4S. The van der Waals surface area contributed by atoms with E-state index < -0.39 is 0 Å². The van der Waals surface area contributed by atoms with E-state index in [-0.39, 0.29) is 36.3 Å². The number of nitrogen functional groups attached to an aromatic ring is 1. The van der Waals surface area contributed by atoms with E-state index in [9.17, 15) is 9.59 Å². The highest BCUT2D eigenvalue weighted by Gasteiger charge is 2.34. The van der Waals surface area contributed by atoms with Gasteiger partial charge in [0.05, 0.1) is 4.91 Å². The lowest BCUT2D eigenvalue weighted by Gasteiger charge is -2.23. The Balaban J connectivity index is 1.86. The molecule has 2 aliphatic rings. The van der Waals surface area contributed by atoms with Crippen molar-refractivity contribution in [2.24, 2.45) is 0 Å². The van der Waals surface area contributed by atoms with Crippen LogP contribution in [-0.2, 0) is 19.1 Å². The largest absolute Gasteiger partial charge is 0.483 e. The van der Waals surface area contributed by atoms with Crippen LogP contribution in [-0.4, -0.2) is 24.8 Å². The number of carbonyl (C=O) groups is 2. The van der Waals surface area contributed by atoms with Crippen LogP contribution in [0.1, 0.15) is 0 Å². The first kappa shape index (κ1) is 12.8. The second kappa shape index (κ2) is 5.05. The molecule has 2 N–H and O–H groups in total. The quantitative estimate of drug-likeness (QED) is 0.659. The van der Waals surface area contributed by atoms with Gasteiger partial charge in [-0.3, -0.25) is 9.59 Å². The highest BCUT2D eigenvalue weighted by molar-refractivity contribution is 8.04. The van der Waals surface area contributed by atoms with Gasteiger partial charge in [-0.05, 0) is 24.3 Å². The molecule has 0 saturated carbocycles. The number of hydrogen-bond acceptors (Lipinski definition) is 6. The van der Waals surface area contributed by atoms with Gasteiger partial charge in [0.25, 0.3) is 0 Å². The molecule has 0 aromatic heterocycles. The summed E-state index contributed by atoms with van der Waals surface area (Å²) in [6.45, 7) is 0.559. The molecule has 0 spiro atoms. The molecule has 0 unspecified atom stereocenters. The fraction of sp³-hybridized carbons (Fsp3) is 0.143. The Hall–Kier alpha value is -2.21. The molecule has 1 aromatic carbocycles. The SMILES string of the molecule is Nc1ccc(SC2=CC(=O)C3=C(OCCO3)C2=O)cc1. The number of rotatable bonds is 2. The van der Waals surface area contributed by atoms with Crippen molar-refractivity contribution in [3.05, 3.63) is 46.8 Å². The van der Waals surface area contributed by atoms with Crippen molar-refractivity contribution < 1.29 is 19.1 Å². The van der Waals surface area contributed by atoms with Crippen LogP contribution in [0, 0.1) is 0 Å². The third-order valence-corrected chi connectivity index (χ3v) is 3.84. The van der Waals surface area contributed by atoms with Gasteiger partial charge in [0.2, 0.25) is 23.1 Å². The number of Topliss-reactive ketones (excluding diaryl/α,β-unsaturated/α-hetero) is 1. The van der Waals surface area contributed by atoms with Crippen LogP contribution in [0.3, 0.4) is 0 Å². The normalized spacial score (nSPS) is 18.1. The first-order valence-electron chi connectivity index (χ1n) is 5.99. The first-order valence-corrected chi connectivity index (χ1v) is 6.81. The number of ether oxygens (including phenoxy) is 2. The third-order valence-electron chi connectivity index (χ3n) is 2.81. The summed E-state index contributed by atoms with van der Waals surface area (Å²) in [4.78, 5) is 25.3. The average molecular weight is 289 g/mol. The molecule has 1 aromatic rings. The summed E-state index contributed by atoms with van der Waals surface area (Å²) in [7, 11) is 0. The molecule has 102 valence electrons. The highest BCUT2D eigenvalue weighted by atomic mass is 32.2. The number of thioether (sulfide) groups is 1. The highest BCUT2D eigenvalue weighted by Crippen LogP contribution is 2.34. The predicted molar refractivity (Wildman–Crippen MR) is 73.7 cm³/mol. The molecule has 20 heavy (non-hydrogen) atoms. The monoisotopic (exact) mass is 289 g/mol. The molecule has 1 heterocycles. The van der Waals surface area contributed by atoms with Crippen molar-refractivity contribution in [1.82, 2.24) is 0 Å². The number of allylic oxidation sites excluding steroid dienone is 2. The minimum atomic E-state index is -0.336. The van der Waals surface area contributed by atoms with E-state index >= 15 is 0 Å². The molecule has 6 heteroatoms. The van der Waals surface area contributed by atoms with Gasteiger partial charge in [-0.15, -0.1) is 0 Å². The fourth-order valence-electron chi connectivity index (χ4n) is 1.87. The molecule has 0 amide bonds. The second-order valence-corrected chi connectivity index (χ2v) is 5.34. The van der Waals surface area contributed by atoms with Crippen LogP contribution in [0.4, 0.5) is 5.69 Å². The number of nitrogens with two attached hydrogens (primary N) is 1. The van der Waals surface area contributed by atoms with E-state index in [2.05, 4.69) is 0 Å². The third kappa shape index (κ3) is 2.30. The van der Waals surface area contributed by atoms with Crippen LogP contribution >= 0.6 is 11.8 Å². The number of anilines is 1. The van der Waals surface area contributed by atoms with Crippen LogP contribution in [0.15, 0.2) is 51.7 Å². The minimum absolute atomic E-state index is 0.0155. The molecule has 0 atom stereocenters. The van der Waals surface area contributed by atoms with Gasteiger partial charge in [-0.1, -0.05) is 11.8 Å². The van der Waals surface area contributed by atoms with Crippen LogP contribution in [0.5, 0.6) is 0 Å². The number of ketones is 2. The smallest absolute Gasteiger partial charge is 0.238 e. The molecule has 0 fully saturated rings. The van der Waals surface area contributed by atoms with Crippen LogP contribution < -0.4 is 5.73 Å². The summed E-state index contributed by atoms with van der Waals surface area (Å²) < 4.78 is 10.5. The Morgan fingerprint density at radius 2 is 1.65 bits per heavy atom. The Kier molecular flexibility index (Phi) is 3.23. The maximum atomic E-state index is 12.2. The zero-order chi connectivity index (χ0) is 14.1. The molecule has 3 rings (SSSR count). The summed E-state index contributed by atoms with van der Waals surface area (Å²) in [5.74, 6) is -0.622. The Morgan fingerprint density at radius 3 is 2.35 bits per heavy atom. The van der Waals surface area contributed by atoms with Gasteiger partial charge in [0.1, 0.15) is 13.2 Å². The Bertz CT molecular complexity index is 646. The van der Waals surface area contributed by atoms with E-state index in [1.54, 1.807) is 24.3 Å². The molecule has 0 saturated heterocycles. The molecule has 0 radical (unpaired) electrons. The molecule has 5 nitrogen and oxygen atoms in total. The van der Waals surface area contributed by atoms with E-state index in [4.69, 9.17) is 15.2 Å². The summed E-state index contributed by atoms with van der Waals surface area (Å²) in [5.41, 5.74) is 6.25. The Morgan fingerprint density at radius 1 is 1.00 bits per heavy atom. The fourth-order valence-corrected chi connectivity index (χ4v) is 2.75. The van der Waals surface area contributed by atoms with Crippen molar-refractivity contribution >= 4 is 29.0 Å². The Labute approximate surface area is 119 Å². The van der Waals surface area contributed by atoms with Gasteiger partial charge in [-0.25, -0.2) is 0 Å². The summed E-state index contributed by atoms with van der Waals surface area (Å²) in [5, 5.41) is 0. The molecule has 0 bridgehead atoms. The van der Waals surface area contributed by atoms with Crippen molar-refractivity contribution in [3.63, 3.8) is 0 Å². The van der Waals surface area contributed by atoms with Gasteiger partial charge in [-0.2, -0.15) is 0 Å². The summed E-state index contributed by atoms with van der Waals surface area (Å²) >= 11 is 1.21. The molecular weight excluding hydrogens is 278 g/mol. The topological polar surface area (TPSA) is 78.6 Å². The van der Waals surface area contributed by atoms with Gasteiger partial charge in [0.15, 0.2) is 0 Å². The van der Waals surface area contributed by atoms with E-state index in [0.29, 0.717) is 10.6 Å². The van der Waals surface area contributed by atoms with Crippen molar-refractivity contribution in [1.29, 1.82) is 0 Å². The van der Waals surface area contributed by atoms with Gasteiger partial charge < -0.3 is 15.2 Å². The maximum absolute atomic E-state index is 12.2. The zero-order valence-electron chi connectivity index (χ0n) is 10.4. The lowest BCUT2D eigenvalue weighted by Crippen LogP contribution is -2.27. The van der Waals surface area contributed by atoms with E-state index in [0.717, 1.165) is 4.90 Å². The van der Waals surface area contributed by atoms with Crippen molar-refractivity contribution in [2.75, 3.05) is 18.9 Å². The molecule has 1 aliphatic heterocycles. The second-order valence-electron chi connectivity index (χ2n) is 4.23. The summed E-state index contributed by atoms with van der Waals surface area (Å²) in [6.07, 6.45) is 1.29. The lowest BCUT2D eigenvalue weighted by atomic mass is 10.1. The van der Waals surface area contributed by atoms with E-state index in [1.165, 1.54) is 17.8 Å². The minimum Gasteiger partial charge on any atom is -0.483 e. The van der Waals surface area contributed by atoms with Crippen molar-refractivity contribution in [2.45, 2.75) is 4.90 Å². The zero-order valence-corrected chi connectivity index (χ0v) is 11.2. The predicted octanol–water partition coefficient (Wildman–Crippen LogP) is 1.66. The summed E-state index contributed by atoms with van der Waals surface area (Å²) in [6, 6.07) is 7.06. The first-order chi connectivity index (χ1) is 9.65. The number of benzene rings is 1. The number of carbonyl (C=O) groups excluding carboxylic acids is 2. The number of hydrogen-bond donors (Lipinski definition) is 1. The van der Waals surface area contributed by atoms with Crippen LogP contribution in [0.2, 0.25) is 0 Å². The standard InChI is InChI=1S/C14H11NO4S/c15-8-1-3-9(4-2-8)20-11-7-10(16)13-14(12(11)17)19-6-5-18-13/h1-4,7H,5-6,15H2. The molecule has 1 aliphatic carbocycles. The average Bonchev–Trinajstić information content (AvgIpc) is 2.47. The van der Waals surface area contributed by atoms with E-state index in [1.807, 2.05) is 0 Å². The van der Waals surface area contributed by atoms with Crippen molar-refractivity contribution in [3.8, 4) is 0 Å². The van der Waals surface area contributed by atoms with Gasteiger partial charge >= 0.3 is 0 Å².